The zero-order valence-electron chi connectivity index (χ0n) is 10.6. The van der Waals surface area contributed by atoms with E-state index in [0.717, 1.165) is 11.3 Å². The van der Waals surface area contributed by atoms with Gasteiger partial charge in [0.2, 0.25) is 0 Å². The highest BCUT2D eigenvalue weighted by molar-refractivity contribution is 8.00. The minimum atomic E-state index is 0.542. The van der Waals surface area contributed by atoms with Gasteiger partial charge in [0.1, 0.15) is 0 Å². The Morgan fingerprint density at radius 1 is 1.31 bits per heavy atom. The molecule has 0 aliphatic carbocycles. The summed E-state index contributed by atoms with van der Waals surface area (Å²) in [6, 6.07) is 0.760. The fourth-order valence-electron chi connectivity index (χ4n) is 2.66. The molecule has 2 unspecified atom stereocenters. The number of nitrogens with one attached hydrogen (secondary N) is 1. The maximum Gasteiger partial charge on any atom is 0.0172 e. The second kappa shape index (κ2) is 6.01. The SMILES string of the molecule is CC1(C)CSCC(NCC2CCCCS2)C1. The van der Waals surface area contributed by atoms with E-state index in [1.54, 1.807) is 0 Å². The van der Waals surface area contributed by atoms with Crippen molar-refractivity contribution < 1.29 is 0 Å². The van der Waals surface area contributed by atoms with Crippen molar-refractivity contribution in [2.45, 2.75) is 50.8 Å². The molecular formula is C13H25NS2. The first-order valence-electron chi connectivity index (χ1n) is 6.58. The Hall–Kier alpha value is 0.660. The number of hydrogen-bond acceptors (Lipinski definition) is 3. The van der Waals surface area contributed by atoms with Gasteiger partial charge in [-0.05, 0) is 36.2 Å². The van der Waals surface area contributed by atoms with Crippen LogP contribution >= 0.6 is 23.5 Å². The molecule has 0 radical (unpaired) electrons. The van der Waals surface area contributed by atoms with Crippen LogP contribution < -0.4 is 5.32 Å². The molecule has 0 amide bonds. The number of rotatable bonds is 3. The monoisotopic (exact) mass is 259 g/mol. The highest BCUT2D eigenvalue weighted by atomic mass is 32.2. The van der Waals surface area contributed by atoms with Crippen LogP contribution in [0.4, 0.5) is 0 Å². The van der Waals surface area contributed by atoms with E-state index >= 15 is 0 Å². The van der Waals surface area contributed by atoms with Crippen molar-refractivity contribution in [3.05, 3.63) is 0 Å². The van der Waals surface area contributed by atoms with Crippen molar-refractivity contribution in [3.63, 3.8) is 0 Å². The van der Waals surface area contributed by atoms with Gasteiger partial charge < -0.3 is 5.32 Å². The van der Waals surface area contributed by atoms with Gasteiger partial charge in [0, 0.05) is 23.6 Å². The van der Waals surface area contributed by atoms with E-state index in [4.69, 9.17) is 0 Å². The molecule has 2 aliphatic rings. The van der Waals surface area contributed by atoms with E-state index < -0.39 is 0 Å². The summed E-state index contributed by atoms with van der Waals surface area (Å²) in [6.45, 7) is 6.05. The Morgan fingerprint density at radius 2 is 2.19 bits per heavy atom. The molecule has 94 valence electrons. The summed E-state index contributed by atoms with van der Waals surface area (Å²) < 4.78 is 0. The van der Waals surface area contributed by atoms with Crippen LogP contribution in [0.1, 0.15) is 39.5 Å². The standard InChI is InChI=1S/C13H25NS2/c1-13(2)7-11(9-15-10-13)14-8-12-5-3-4-6-16-12/h11-12,14H,3-10H2,1-2H3. The van der Waals surface area contributed by atoms with Crippen molar-refractivity contribution in [1.82, 2.24) is 5.32 Å². The average Bonchev–Trinajstić information content (AvgIpc) is 2.27. The lowest BCUT2D eigenvalue weighted by molar-refractivity contribution is 0.317. The molecule has 0 aromatic rings. The highest BCUT2D eigenvalue weighted by Gasteiger charge is 2.28. The van der Waals surface area contributed by atoms with Crippen LogP contribution in [-0.4, -0.2) is 35.1 Å². The Kier molecular flexibility index (Phi) is 4.92. The van der Waals surface area contributed by atoms with Crippen LogP contribution in [0.25, 0.3) is 0 Å². The maximum atomic E-state index is 3.81. The van der Waals surface area contributed by atoms with Crippen LogP contribution in [0.5, 0.6) is 0 Å². The zero-order chi connectivity index (χ0) is 11.4. The molecule has 2 saturated heterocycles. The maximum absolute atomic E-state index is 3.81. The van der Waals surface area contributed by atoms with Gasteiger partial charge in [-0.2, -0.15) is 23.5 Å². The van der Waals surface area contributed by atoms with Crippen molar-refractivity contribution >= 4 is 23.5 Å². The molecule has 1 N–H and O–H groups in total. The van der Waals surface area contributed by atoms with Gasteiger partial charge in [0.05, 0.1) is 0 Å². The van der Waals surface area contributed by atoms with Crippen molar-refractivity contribution in [2.24, 2.45) is 5.41 Å². The molecule has 0 aromatic heterocycles. The Bertz CT molecular complexity index is 212. The molecule has 2 heterocycles. The summed E-state index contributed by atoms with van der Waals surface area (Å²) >= 11 is 4.31. The topological polar surface area (TPSA) is 12.0 Å². The zero-order valence-corrected chi connectivity index (χ0v) is 12.3. The summed E-state index contributed by atoms with van der Waals surface area (Å²) in [5, 5.41) is 4.70. The van der Waals surface area contributed by atoms with Crippen molar-refractivity contribution in [2.75, 3.05) is 23.8 Å². The number of hydrogen-bond donors (Lipinski definition) is 1. The predicted molar refractivity (Wildman–Crippen MR) is 77.6 cm³/mol. The molecule has 0 saturated carbocycles. The van der Waals surface area contributed by atoms with Crippen LogP contribution in [-0.2, 0) is 0 Å². The summed E-state index contributed by atoms with van der Waals surface area (Å²) in [5.41, 5.74) is 0.542. The van der Waals surface area contributed by atoms with Gasteiger partial charge in [-0.3, -0.25) is 0 Å². The molecule has 3 heteroatoms. The minimum Gasteiger partial charge on any atom is -0.312 e. The molecule has 1 nitrogen and oxygen atoms in total. The first kappa shape index (κ1) is 13.1. The second-order valence-electron chi connectivity index (χ2n) is 5.98. The lowest BCUT2D eigenvalue weighted by Crippen LogP contribution is -2.43. The molecule has 2 fully saturated rings. The highest BCUT2D eigenvalue weighted by Crippen LogP contribution is 2.33. The first-order valence-corrected chi connectivity index (χ1v) is 8.79. The third-order valence-corrected chi connectivity index (χ3v) is 6.54. The van der Waals surface area contributed by atoms with Crippen molar-refractivity contribution in [1.29, 1.82) is 0 Å². The van der Waals surface area contributed by atoms with E-state index in [-0.39, 0.29) is 0 Å². The molecule has 2 rings (SSSR count). The van der Waals surface area contributed by atoms with Gasteiger partial charge in [-0.15, -0.1) is 0 Å². The van der Waals surface area contributed by atoms with Gasteiger partial charge in [-0.25, -0.2) is 0 Å². The molecular weight excluding hydrogens is 234 g/mol. The molecule has 0 aromatic carbocycles. The molecule has 0 spiro atoms. The smallest absolute Gasteiger partial charge is 0.0172 e. The Balaban J connectivity index is 1.68. The van der Waals surface area contributed by atoms with E-state index in [2.05, 4.69) is 42.7 Å². The van der Waals surface area contributed by atoms with E-state index in [0.29, 0.717) is 5.41 Å². The summed E-state index contributed by atoms with van der Waals surface area (Å²) in [4.78, 5) is 0. The van der Waals surface area contributed by atoms with Gasteiger partial charge >= 0.3 is 0 Å². The largest absolute Gasteiger partial charge is 0.312 e. The fraction of sp³-hybridized carbons (Fsp3) is 1.00. The van der Waals surface area contributed by atoms with E-state index in [9.17, 15) is 0 Å². The summed E-state index contributed by atoms with van der Waals surface area (Å²) in [5.74, 6) is 4.04. The summed E-state index contributed by atoms with van der Waals surface area (Å²) in [7, 11) is 0. The van der Waals surface area contributed by atoms with Crippen LogP contribution in [0.3, 0.4) is 0 Å². The average molecular weight is 259 g/mol. The van der Waals surface area contributed by atoms with Gasteiger partial charge in [0.15, 0.2) is 0 Å². The Morgan fingerprint density at radius 3 is 2.88 bits per heavy atom. The number of thioether (sulfide) groups is 2. The molecule has 16 heavy (non-hydrogen) atoms. The third kappa shape index (κ3) is 4.15. The molecule has 2 atom stereocenters. The summed E-state index contributed by atoms with van der Waals surface area (Å²) in [6.07, 6.45) is 5.68. The third-order valence-electron chi connectivity index (χ3n) is 3.52. The van der Waals surface area contributed by atoms with Crippen LogP contribution in [0.15, 0.2) is 0 Å². The lowest BCUT2D eigenvalue weighted by Gasteiger charge is -2.36. The normalized spacial score (nSPS) is 34.9. The predicted octanol–water partition coefficient (Wildman–Crippen LogP) is 3.39. The fourth-order valence-corrected chi connectivity index (χ4v) is 5.22. The minimum absolute atomic E-state index is 0.542. The molecule has 2 aliphatic heterocycles. The van der Waals surface area contributed by atoms with Crippen molar-refractivity contribution in [3.8, 4) is 0 Å². The van der Waals surface area contributed by atoms with Gasteiger partial charge in [0.25, 0.3) is 0 Å². The second-order valence-corrected chi connectivity index (χ2v) is 8.42. The van der Waals surface area contributed by atoms with Gasteiger partial charge in [-0.1, -0.05) is 20.3 Å². The van der Waals surface area contributed by atoms with E-state index in [1.807, 2.05) is 0 Å². The van der Waals surface area contributed by atoms with Crippen LogP contribution in [0.2, 0.25) is 0 Å². The first-order chi connectivity index (χ1) is 7.66. The Labute approximate surface area is 109 Å². The lowest BCUT2D eigenvalue weighted by atomic mass is 9.88. The van der Waals surface area contributed by atoms with Crippen LogP contribution in [0, 0.1) is 5.41 Å². The quantitative estimate of drug-likeness (QED) is 0.834. The van der Waals surface area contributed by atoms with E-state index in [1.165, 1.54) is 49.5 Å². The molecule has 0 bridgehead atoms.